The number of carbonyl (C=O) groups excluding carboxylic acids is 2. The zero-order valence-corrected chi connectivity index (χ0v) is 19.0. The van der Waals surface area contributed by atoms with Crippen LogP contribution in [0.5, 0.6) is 0 Å². The number of rotatable bonds is 20. The summed E-state index contributed by atoms with van der Waals surface area (Å²) in [6.07, 6.45) is 18.7. The fourth-order valence-electron chi connectivity index (χ4n) is 3.15. The van der Waals surface area contributed by atoms with E-state index in [1.807, 2.05) is 6.92 Å². The molecule has 0 aliphatic rings. The highest BCUT2D eigenvalue weighted by molar-refractivity contribution is 5.81. The zero-order chi connectivity index (χ0) is 21.6. The number of unbranched alkanes of at least 4 members (excludes halogenated alkanes) is 12. The molecule has 5 nitrogen and oxygen atoms in total. The minimum atomic E-state index is -0.723. The number of alkyl carbamates (subject to hydrolysis) is 1. The first-order valence-electron chi connectivity index (χ1n) is 11.9. The summed E-state index contributed by atoms with van der Waals surface area (Å²) in [5, 5.41) is 2.55. The summed E-state index contributed by atoms with van der Waals surface area (Å²) in [5.41, 5.74) is 0. The molecule has 0 rings (SSSR count). The molecule has 0 heterocycles. The van der Waals surface area contributed by atoms with Crippen LogP contribution in [0.2, 0.25) is 0 Å². The molecule has 1 unspecified atom stereocenters. The Hall–Kier alpha value is -1.52. The molecular formula is C24H45NO4. The molecule has 0 aromatic carbocycles. The van der Waals surface area contributed by atoms with E-state index in [9.17, 15) is 9.59 Å². The van der Waals surface area contributed by atoms with Crippen LogP contribution < -0.4 is 5.32 Å². The van der Waals surface area contributed by atoms with Crippen molar-refractivity contribution in [2.45, 2.75) is 116 Å². The second-order valence-electron chi connectivity index (χ2n) is 7.77. The van der Waals surface area contributed by atoms with Gasteiger partial charge in [-0.15, -0.1) is 6.58 Å². The van der Waals surface area contributed by atoms with Gasteiger partial charge in [-0.1, -0.05) is 97.0 Å². The molecule has 170 valence electrons. The number of hydrogen-bond acceptors (Lipinski definition) is 4. The first-order chi connectivity index (χ1) is 14.2. The van der Waals surface area contributed by atoms with Crippen LogP contribution in [0.1, 0.15) is 110 Å². The number of esters is 1. The van der Waals surface area contributed by atoms with Gasteiger partial charge in [0.1, 0.15) is 6.04 Å². The average Bonchev–Trinajstić information content (AvgIpc) is 2.72. The Morgan fingerprint density at radius 1 is 0.759 bits per heavy atom. The van der Waals surface area contributed by atoms with Crippen LogP contribution in [-0.4, -0.2) is 31.3 Å². The molecule has 5 heteroatoms. The summed E-state index contributed by atoms with van der Waals surface area (Å²) < 4.78 is 10.3. The van der Waals surface area contributed by atoms with Crippen molar-refractivity contribution in [1.29, 1.82) is 0 Å². The molecule has 1 atom stereocenters. The summed E-state index contributed by atoms with van der Waals surface area (Å²) in [4.78, 5) is 23.7. The molecule has 1 N–H and O–H groups in total. The topological polar surface area (TPSA) is 64.6 Å². The van der Waals surface area contributed by atoms with Gasteiger partial charge in [0.05, 0.1) is 13.2 Å². The SMILES string of the molecule is C=CCC(NC(=O)OCCC)C(=O)OCCCCCCCCCCCCCCC. The molecule has 0 aromatic rings. The minimum absolute atomic E-state index is 0.332. The maximum Gasteiger partial charge on any atom is 0.407 e. The summed E-state index contributed by atoms with van der Waals surface area (Å²) in [7, 11) is 0. The van der Waals surface area contributed by atoms with Gasteiger partial charge in [-0.3, -0.25) is 0 Å². The molecular weight excluding hydrogens is 366 g/mol. The Labute approximate surface area is 179 Å². The van der Waals surface area contributed by atoms with Gasteiger partial charge in [0, 0.05) is 0 Å². The largest absolute Gasteiger partial charge is 0.464 e. The summed E-state index contributed by atoms with van der Waals surface area (Å²) in [6, 6.07) is -0.723. The highest BCUT2D eigenvalue weighted by Crippen LogP contribution is 2.12. The van der Waals surface area contributed by atoms with Crippen LogP contribution in [0.25, 0.3) is 0 Å². The number of nitrogens with one attached hydrogen (secondary N) is 1. The van der Waals surface area contributed by atoms with Crippen molar-refractivity contribution < 1.29 is 19.1 Å². The van der Waals surface area contributed by atoms with Crippen molar-refractivity contribution in [3.05, 3.63) is 12.7 Å². The van der Waals surface area contributed by atoms with E-state index in [0.29, 0.717) is 19.6 Å². The molecule has 1 amide bonds. The van der Waals surface area contributed by atoms with Gasteiger partial charge in [0.2, 0.25) is 0 Å². The molecule has 0 aromatic heterocycles. The second-order valence-corrected chi connectivity index (χ2v) is 7.77. The molecule has 0 fully saturated rings. The van der Waals surface area contributed by atoms with Crippen molar-refractivity contribution in [1.82, 2.24) is 5.32 Å². The van der Waals surface area contributed by atoms with Crippen molar-refractivity contribution >= 4 is 12.1 Å². The first-order valence-corrected chi connectivity index (χ1v) is 11.9. The second kappa shape index (κ2) is 21.2. The zero-order valence-electron chi connectivity index (χ0n) is 19.0. The van der Waals surface area contributed by atoms with Crippen molar-refractivity contribution in [3.63, 3.8) is 0 Å². The van der Waals surface area contributed by atoms with E-state index < -0.39 is 18.1 Å². The number of ether oxygens (including phenoxy) is 2. The predicted octanol–water partition coefficient (Wildman–Crippen LogP) is 6.70. The summed E-state index contributed by atoms with van der Waals surface area (Å²) >= 11 is 0. The van der Waals surface area contributed by atoms with Gasteiger partial charge >= 0.3 is 12.1 Å². The van der Waals surface area contributed by atoms with Crippen molar-refractivity contribution in [2.75, 3.05) is 13.2 Å². The molecule has 0 aliphatic heterocycles. The lowest BCUT2D eigenvalue weighted by Gasteiger charge is -2.16. The van der Waals surface area contributed by atoms with Crippen LogP contribution in [0, 0.1) is 0 Å². The monoisotopic (exact) mass is 411 g/mol. The van der Waals surface area contributed by atoms with E-state index in [-0.39, 0.29) is 0 Å². The van der Waals surface area contributed by atoms with E-state index in [0.717, 1.165) is 19.3 Å². The van der Waals surface area contributed by atoms with Crippen LogP contribution in [0.15, 0.2) is 12.7 Å². The van der Waals surface area contributed by atoms with E-state index in [1.54, 1.807) is 6.08 Å². The molecule has 29 heavy (non-hydrogen) atoms. The van der Waals surface area contributed by atoms with Crippen LogP contribution in [0.4, 0.5) is 4.79 Å². The van der Waals surface area contributed by atoms with Gasteiger partial charge in [0.25, 0.3) is 0 Å². The first kappa shape index (κ1) is 27.5. The smallest absolute Gasteiger partial charge is 0.407 e. The van der Waals surface area contributed by atoms with Gasteiger partial charge in [-0.25, -0.2) is 9.59 Å². The lowest BCUT2D eigenvalue weighted by atomic mass is 10.0. The third kappa shape index (κ3) is 18.3. The highest BCUT2D eigenvalue weighted by atomic mass is 16.6. The third-order valence-electron chi connectivity index (χ3n) is 4.91. The average molecular weight is 412 g/mol. The van der Waals surface area contributed by atoms with Crippen LogP contribution in [-0.2, 0) is 14.3 Å². The normalized spacial score (nSPS) is 11.7. The summed E-state index contributed by atoms with van der Waals surface area (Å²) in [5.74, 6) is -0.419. The van der Waals surface area contributed by atoms with Crippen molar-refractivity contribution in [2.24, 2.45) is 0 Å². The third-order valence-corrected chi connectivity index (χ3v) is 4.91. The summed E-state index contributed by atoms with van der Waals surface area (Å²) in [6.45, 7) is 8.53. The fourth-order valence-corrected chi connectivity index (χ4v) is 3.15. The number of carbonyl (C=O) groups is 2. The number of amides is 1. The minimum Gasteiger partial charge on any atom is -0.464 e. The standard InChI is InChI=1S/C24H45NO4/c1-4-7-8-9-10-11-12-13-14-15-16-17-18-21-28-23(26)22(19-5-2)25-24(27)29-20-6-3/h5,22H,2,4,6-21H2,1,3H3,(H,25,27). The lowest BCUT2D eigenvalue weighted by Crippen LogP contribution is -2.42. The van der Waals surface area contributed by atoms with Crippen LogP contribution >= 0.6 is 0 Å². The lowest BCUT2D eigenvalue weighted by molar-refractivity contribution is -0.146. The van der Waals surface area contributed by atoms with Gasteiger partial charge in [-0.2, -0.15) is 0 Å². The Balaban J connectivity index is 3.60. The fraction of sp³-hybridized carbons (Fsp3) is 0.833. The maximum absolute atomic E-state index is 12.1. The van der Waals surface area contributed by atoms with Gasteiger partial charge in [0.15, 0.2) is 0 Å². The Bertz CT molecular complexity index is 412. The van der Waals surface area contributed by atoms with Gasteiger partial charge in [-0.05, 0) is 19.3 Å². The highest BCUT2D eigenvalue weighted by Gasteiger charge is 2.21. The van der Waals surface area contributed by atoms with Crippen molar-refractivity contribution in [3.8, 4) is 0 Å². The van der Waals surface area contributed by atoms with E-state index in [4.69, 9.17) is 9.47 Å². The Morgan fingerprint density at radius 3 is 1.76 bits per heavy atom. The molecule has 0 saturated carbocycles. The maximum atomic E-state index is 12.1. The molecule has 0 aliphatic carbocycles. The molecule has 0 spiro atoms. The molecule has 0 bridgehead atoms. The van der Waals surface area contributed by atoms with Gasteiger partial charge < -0.3 is 14.8 Å². The van der Waals surface area contributed by atoms with Crippen LogP contribution in [0.3, 0.4) is 0 Å². The Morgan fingerprint density at radius 2 is 1.28 bits per heavy atom. The van der Waals surface area contributed by atoms with E-state index >= 15 is 0 Å². The predicted molar refractivity (Wildman–Crippen MR) is 120 cm³/mol. The molecule has 0 saturated heterocycles. The van der Waals surface area contributed by atoms with E-state index in [1.165, 1.54) is 70.6 Å². The quantitative estimate of drug-likeness (QED) is 0.137. The molecule has 0 radical (unpaired) electrons. The number of hydrogen-bond donors (Lipinski definition) is 1. The Kier molecular flexibility index (Phi) is 20.1. The van der Waals surface area contributed by atoms with E-state index in [2.05, 4.69) is 18.8 Å².